The van der Waals surface area contributed by atoms with Crippen LogP contribution in [0.3, 0.4) is 0 Å². The van der Waals surface area contributed by atoms with Crippen LogP contribution in [0.5, 0.6) is 0 Å². The summed E-state index contributed by atoms with van der Waals surface area (Å²) in [5.41, 5.74) is 0.998. The van der Waals surface area contributed by atoms with Crippen molar-refractivity contribution in [3.05, 3.63) is 29.8 Å². The second-order valence-corrected chi connectivity index (χ2v) is 9.38. The smallest absolute Gasteiger partial charge is 0.242 e. The molecule has 27 heavy (non-hydrogen) atoms. The van der Waals surface area contributed by atoms with Crippen molar-refractivity contribution in [1.82, 2.24) is 14.9 Å². The van der Waals surface area contributed by atoms with Crippen LogP contribution in [0.2, 0.25) is 0 Å². The normalized spacial score (nSPS) is 13.4. The van der Waals surface area contributed by atoms with Crippen molar-refractivity contribution >= 4 is 40.0 Å². The number of rotatable bonds is 9. The number of hydrogen-bond donors (Lipinski definition) is 2. The molecule has 1 rings (SSSR count). The zero-order chi connectivity index (χ0) is 19.7. The van der Waals surface area contributed by atoms with Crippen LogP contribution in [-0.2, 0) is 16.6 Å². The second kappa shape index (κ2) is 12.6. The first-order valence-electron chi connectivity index (χ1n) is 9.15. The summed E-state index contributed by atoms with van der Waals surface area (Å²) < 4.78 is 25.4. The van der Waals surface area contributed by atoms with Gasteiger partial charge in [0.1, 0.15) is 0 Å². The molecule has 6 nitrogen and oxygen atoms in total. The highest BCUT2D eigenvalue weighted by Gasteiger charge is 2.16. The van der Waals surface area contributed by atoms with Gasteiger partial charge in [-0.3, -0.25) is 4.99 Å². The van der Waals surface area contributed by atoms with Crippen molar-refractivity contribution in [2.24, 2.45) is 10.9 Å². The largest absolute Gasteiger partial charge is 0.354 e. The Hall–Kier alpha value is -0.870. The average molecular weight is 510 g/mol. The van der Waals surface area contributed by atoms with E-state index in [1.54, 1.807) is 19.2 Å². The average Bonchev–Trinajstić information content (AvgIpc) is 2.58. The van der Waals surface area contributed by atoms with Crippen molar-refractivity contribution < 1.29 is 8.42 Å². The summed E-state index contributed by atoms with van der Waals surface area (Å²) in [7, 11) is 1.43. The maximum absolute atomic E-state index is 12.1. The molecule has 2 N–H and O–H groups in total. The van der Waals surface area contributed by atoms with Gasteiger partial charge in [-0.15, -0.1) is 24.0 Å². The Morgan fingerprint density at radius 3 is 2.19 bits per heavy atom. The van der Waals surface area contributed by atoms with Crippen LogP contribution in [0.25, 0.3) is 0 Å². The Balaban J connectivity index is 0.00000676. The SMILES string of the molecule is CN=C(NCc1ccc(S(=O)(=O)N(C)C)cc1)NC(C)CCCC(C)C.I. The molecule has 0 aliphatic heterocycles. The van der Waals surface area contributed by atoms with Crippen LogP contribution >= 0.6 is 24.0 Å². The molecule has 0 saturated heterocycles. The van der Waals surface area contributed by atoms with E-state index in [4.69, 9.17) is 0 Å². The van der Waals surface area contributed by atoms with E-state index in [0.29, 0.717) is 17.5 Å². The number of aliphatic imine (C=N–C) groups is 1. The van der Waals surface area contributed by atoms with Gasteiger partial charge in [-0.05, 0) is 37.0 Å². The molecule has 0 amide bonds. The molecule has 0 radical (unpaired) electrons. The van der Waals surface area contributed by atoms with Crippen molar-refractivity contribution in [1.29, 1.82) is 0 Å². The van der Waals surface area contributed by atoms with Gasteiger partial charge in [0.15, 0.2) is 5.96 Å². The monoisotopic (exact) mass is 510 g/mol. The Kier molecular flexibility index (Phi) is 12.2. The Morgan fingerprint density at radius 2 is 1.70 bits per heavy atom. The zero-order valence-corrected chi connectivity index (χ0v) is 20.5. The first kappa shape index (κ1) is 26.1. The molecule has 156 valence electrons. The highest BCUT2D eigenvalue weighted by molar-refractivity contribution is 14.0. The summed E-state index contributed by atoms with van der Waals surface area (Å²) >= 11 is 0. The number of nitrogens with one attached hydrogen (secondary N) is 2. The predicted molar refractivity (Wildman–Crippen MR) is 124 cm³/mol. The molecule has 0 fully saturated rings. The Labute approximate surface area is 182 Å². The van der Waals surface area contributed by atoms with Gasteiger partial charge in [0.2, 0.25) is 10.0 Å². The number of benzene rings is 1. The molecule has 0 saturated carbocycles. The fourth-order valence-corrected chi connectivity index (χ4v) is 3.41. The number of halogens is 1. The van der Waals surface area contributed by atoms with Gasteiger partial charge in [0, 0.05) is 33.7 Å². The molecular weight excluding hydrogens is 475 g/mol. The van der Waals surface area contributed by atoms with E-state index in [1.807, 2.05) is 12.1 Å². The molecule has 8 heteroatoms. The van der Waals surface area contributed by atoms with Crippen LogP contribution in [0.4, 0.5) is 0 Å². The van der Waals surface area contributed by atoms with E-state index in [-0.39, 0.29) is 24.0 Å². The lowest BCUT2D eigenvalue weighted by Gasteiger charge is -2.18. The molecule has 0 heterocycles. The molecule has 0 aliphatic rings. The summed E-state index contributed by atoms with van der Waals surface area (Å²) in [4.78, 5) is 4.56. The summed E-state index contributed by atoms with van der Waals surface area (Å²) in [6.07, 6.45) is 3.54. The lowest BCUT2D eigenvalue weighted by atomic mass is 10.0. The maximum Gasteiger partial charge on any atom is 0.242 e. The van der Waals surface area contributed by atoms with Crippen LogP contribution < -0.4 is 10.6 Å². The summed E-state index contributed by atoms with van der Waals surface area (Å²) in [6, 6.07) is 7.27. The molecule has 1 atom stereocenters. The van der Waals surface area contributed by atoms with Gasteiger partial charge in [0.25, 0.3) is 0 Å². The van der Waals surface area contributed by atoms with Crippen molar-refractivity contribution in [2.45, 2.75) is 57.5 Å². The zero-order valence-electron chi connectivity index (χ0n) is 17.3. The van der Waals surface area contributed by atoms with E-state index in [1.165, 1.54) is 31.2 Å². The molecular formula is C19H35IN4O2S. The minimum absolute atomic E-state index is 0. The highest BCUT2D eigenvalue weighted by atomic mass is 127. The van der Waals surface area contributed by atoms with Crippen molar-refractivity contribution in [3.8, 4) is 0 Å². The van der Waals surface area contributed by atoms with Gasteiger partial charge in [-0.25, -0.2) is 12.7 Å². The maximum atomic E-state index is 12.1. The minimum atomic E-state index is -3.38. The van der Waals surface area contributed by atoms with Crippen LogP contribution in [0.1, 0.15) is 45.6 Å². The van der Waals surface area contributed by atoms with Gasteiger partial charge in [-0.2, -0.15) is 0 Å². The third-order valence-electron chi connectivity index (χ3n) is 4.19. The molecule has 1 aromatic carbocycles. The quantitative estimate of drug-likeness (QED) is 0.303. The van der Waals surface area contributed by atoms with Gasteiger partial charge in [-0.1, -0.05) is 38.8 Å². The number of hydrogen-bond acceptors (Lipinski definition) is 3. The fraction of sp³-hybridized carbons (Fsp3) is 0.632. The molecule has 0 aliphatic carbocycles. The number of nitrogens with zero attached hydrogens (tertiary/aromatic N) is 2. The minimum Gasteiger partial charge on any atom is -0.354 e. The van der Waals surface area contributed by atoms with Crippen molar-refractivity contribution in [3.63, 3.8) is 0 Å². The third-order valence-corrected chi connectivity index (χ3v) is 6.02. The van der Waals surface area contributed by atoms with E-state index < -0.39 is 10.0 Å². The van der Waals surface area contributed by atoms with E-state index >= 15 is 0 Å². The van der Waals surface area contributed by atoms with Crippen LogP contribution in [-0.4, -0.2) is 45.9 Å². The molecule has 0 spiro atoms. The van der Waals surface area contributed by atoms with E-state index in [9.17, 15) is 8.42 Å². The predicted octanol–water partition coefficient (Wildman–Crippen LogP) is 3.43. The summed E-state index contributed by atoms with van der Waals surface area (Å²) in [5.74, 6) is 1.49. The Bertz CT molecular complexity index is 673. The molecule has 1 unspecified atom stereocenters. The highest BCUT2D eigenvalue weighted by Crippen LogP contribution is 2.14. The third kappa shape index (κ3) is 9.25. The second-order valence-electron chi connectivity index (χ2n) is 7.23. The number of sulfonamides is 1. The fourth-order valence-electron chi connectivity index (χ4n) is 2.51. The van der Waals surface area contributed by atoms with Crippen molar-refractivity contribution in [2.75, 3.05) is 21.1 Å². The lowest BCUT2D eigenvalue weighted by molar-refractivity contribution is 0.491. The summed E-state index contributed by atoms with van der Waals surface area (Å²) in [6.45, 7) is 7.23. The first-order chi connectivity index (χ1) is 12.2. The van der Waals surface area contributed by atoms with E-state index in [2.05, 4.69) is 36.4 Å². The Morgan fingerprint density at radius 1 is 1.11 bits per heavy atom. The van der Waals surface area contributed by atoms with Gasteiger partial charge >= 0.3 is 0 Å². The van der Waals surface area contributed by atoms with Crippen LogP contribution in [0.15, 0.2) is 34.2 Å². The van der Waals surface area contributed by atoms with Gasteiger partial charge < -0.3 is 10.6 Å². The molecule has 0 aromatic heterocycles. The topological polar surface area (TPSA) is 73.8 Å². The summed E-state index contributed by atoms with van der Waals surface area (Å²) in [5, 5.41) is 6.67. The molecule has 0 bridgehead atoms. The van der Waals surface area contributed by atoms with Crippen LogP contribution in [0, 0.1) is 5.92 Å². The van der Waals surface area contributed by atoms with E-state index in [0.717, 1.165) is 23.9 Å². The number of guanidine groups is 1. The molecule has 1 aromatic rings. The first-order valence-corrected chi connectivity index (χ1v) is 10.6. The van der Waals surface area contributed by atoms with Gasteiger partial charge in [0.05, 0.1) is 4.90 Å². The lowest BCUT2D eigenvalue weighted by Crippen LogP contribution is -2.41. The standard InChI is InChI=1S/C19H34N4O2S.HI/c1-15(2)8-7-9-16(3)22-19(20-4)21-14-17-10-12-18(13-11-17)26(24,25)23(5)6;/h10-13,15-16H,7-9,14H2,1-6H3,(H2,20,21,22);1H.